The largest absolute Gasteiger partial charge is 0.481 e. The summed E-state index contributed by atoms with van der Waals surface area (Å²) in [6.07, 6.45) is 17.4. The van der Waals surface area contributed by atoms with Crippen LogP contribution in [-0.2, 0) is 62.1 Å². The average Bonchev–Trinajstić information content (AvgIpc) is 3.33. The molecule has 0 aromatic carbocycles. The molecule has 0 heterocycles. The summed E-state index contributed by atoms with van der Waals surface area (Å²) in [6.45, 7) is 0.421. The number of carboxylic acids is 3. The number of ketones is 2. The van der Waals surface area contributed by atoms with E-state index in [0.29, 0.717) is 38.6 Å². The molecule has 0 saturated heterocycles. The van der Waals surface area contributed by atoms with Gasteiger partial charge in [-0.05, 0) is 58.4 Å². The first-order chi connectivity index (χ1) is 34.2. The van der Waals surface area contributed by atoms with E-state index in [1.807, 2.05) is 0 Å². The molecule has 0 spiro atoms. The van der Waals surface area contributed by atoms with Crippen LogP contribution in [0.15, 0.2) is 0 Å². The van der Waals surface area contributed by atoms with Crippen molar-refractivity contribution in [2.24, 2.45) is 0 Å². The van der Waals surface area contributed by atoms with Crippen LogP contribution >= 0.6 is 0 Å². The number of carboxylic acid groups (broad SMARTS) is 3. The number of nitrogens with one attached hydrogen (secondary N) is 5. The highest BCUT2D eigenvalue weighted by Crippen LogP contribution is 2.14. The van der Waals surface area contributed by atoms with E-state index < -0.39 is 55.2 Å². The zero-order chi connectivity index (χ0) is 52.7. The van der Waals surface area contributed by atoms with Gasteiger partial charge in [-0.15, -0.1) is 0 Å². The van der Waals surface area contributed by atoms with Crippen molar-refractivity contribution >= 4 is 53.1 Å². The first-order valence-electron chi connectivity index (χ1n) is 25.6. The number of aliphatic hydroxyl groups excluding tert-OH is 1. The van der Waals surface area contributed by atoms with Crippen molar-refractivity contribution in [2.75, 3.05) is 79.6 Å². The van der Waals surface area contributed by atoms with Gasteiger partial charge in [-0.1, -0.05) is 77.0 Å². The van der Waals surface area contributed by atoms with Crippen LogP contribution in [0.1, 0.15) is 161 Å². The Bertz CT molecular complexity index is 1500. The Morgan fingerprint density at radius 1 is 0.408 bits per heavy atom. The van der Waals surface area contributed by atoms with Gasteiger partial charge in [0, 0.05) is 51.8 Å². The fourth-order valence-corrected chi connectivity index (χ4v) is 7.20. The lowest BCUT2D eigenvalue weighted by molar-refractivity contribution is -0.143. The third kappa shape index (κ3) is 42.8. The summed E-state index contributed by atoms with van der Waals surface area (Å²) in [7, 11) is 1.62. The standard InChI is InChI=1S/C49H87N5O17/c1-50-39(42(57)35-55)20-16-17-27-51-43(58)25-24-41(49(66)67)54-46(61)37-71-34-31-68-29-18-19-38(56)36-70-33-32-69-30-28-52-44(59)26-23-40(48(64)65)53-45(60)21-14-12-10-8-6-4-2-3-5-7-9-11-13-15-22-47(62)63/h39-41,50,55H,2-37H2,1H3,(H,51,58)(H,52,59)(H,53,60)(H,54,61)(H,62,63)(H,64,65)(H,66,67)/t39-,40-,41-/m0/s1. The van der Waals surface area contributed by atoms with Crippen LogP contribution in [-0.4, -0.2) is 171 Å². The Morgan fingerprint density at radius 3 is 1.38 bits per heavy atom. The molecule has 0 saturated carbocycles. The zero-order valence-corrected chi connectivity index (χ0v) is 42.3. The minimum atomic E-state index is -1.29. The van der Waals surface area contributed by atoms with Crippen LogP contribution in [0, 0.1) is 0 Å². The molecule has 9 N–H and O–H groups in total. The number of carbonyl (C=O) groups is 9. The first kappa shape index (κ1) is 66.4. The molecule has 0 aromatic rings. The first-order valence-corrected chi connectivity index (χ1v) is 25.6. The van der Waals surface area contributed by atoms with E-state index >= 15 is 0 Å². The molecule has 0 aliphatic rings. The molecule has 0 unspecified atom stereocenters. The number of likely N-dealkylation sites (N-methyl/N-ethyl adjacent to an activating group) is 1. The lowest BCUT2D eigenvalue weighted by atomic mass is 10.0. The van der Waals surface area contributed by atoms with Gasteiger partial charge in [0.15, 0.2) is 11.6 Å². The zero-order valence-electron chi connectivity index (χ0n) is 42.3. The smallest absolute Gasteiger partial charge is 0.326 e. The molecule has 4 amide bonds. The molecule has 0 bridgehead atoms. The summed E-state index contributed by atoms with van der Waals surface area (Å²) in [5.74, 6) is -5.42. The van der Waals surface area contributed by atoms with E-state index in [2.05, 4.69) is 26.6 Å². The van der Waals surface area contributed by atoms with Gasteiger partial charge in [-0.25, -0.2) is 9.59 Å². The second kappa shape index (κ2) is 46.5. The molecular formula is C49H87N5O17. The maximum Gasteiger partial charge on any atom is 0.326 e. The summed E-state index contributed by atoms with van der Waals surface area (Å²) in [5.41, 5.74) is 0. The molecule has 22 heteroatoms. The number of hydrogen-bond acceptors (Lipinski definition) is 15. The van der Waals surface area contributed by atoms with Crippen molar-refractivity contribution in [1.29, 1.82) is 0 Å². The number of carbonyl (C=O) groups excluding carboxylic acids is 6. The number of hydrogen-bond donors (Lipinski definition) is 9. The lowest BCUT2D eigenvalue weighted by Gasteiger charge is -2.15. The van der Waals surface area contributed by atoms with Gasteiger partial charge < -0.3 is 66.0 Å². The van der Waals surface area contributed by atoms with Gasteiger partial charge in [-0.3, -0.25) is 33.6 Å². The molecule has 71 heavy (non-hydrogen) atoms. The topological polar surface area (TPSA) is 332 Å². The predicted octanol–water partition coefficient (Wildman–Crippen LogP) is 2.98. The predicted molar refractivity (Wildman–Crippen MR) is 261 cm³/mol. The van der Waals surface area contributed by atoms with Gasteiger partial charge in [0.2, 0.25) is 23.6 Å². The second-order valence-corrected chi connectivity index (χ2v) is 17.5. The maximum absolute atomic E-state index is 12.4. The van der Waals surface area contributed by atoms with Crippen LogP contribution in [0.25, 0.3) is 0 Å². The van der Waals surface area contributed by atoms with Crippen molar-refractivity contribution in [2.45, 2.75) is 179 Å². The van der Waals surface area contributed by atoms with Crippen molar-refractivity contribution in [3.63, 3.8) is 0 Å². The highest BCUT2D eigenvalue weighted by molar-refractivity contribution is 5.86. The van der Waals surface area contributed by atoms with E-state index in [1.165, 1.54) is 38.5 Å². The Morgan fingerprint density at radius 2 is 0.873 bits per heavy atom. The van der Waals surface area contributed by atoms with Crippen molar-refractivity contribution in [3.05, 3.63) is 0 Å². The quantitative estimate of drug-likeness (QED) is 0.0396. The summed E-state index contributed by atoms with van der Waals surface area (Å²) in [5, 5.41) is 49.6. The van der Waals surface area contributed by atoms with Gasteiger partial charge in [0.25, 0.3) is 0 Å². The maximum atomic E-state index is 12.4. The molecule has 0 aliphatic carbocycles. The number of Topliss-reactive ketones (excluding diaryl/α,β-unsaturated/α-hetero) is 2. The Labute approximate surface area is 419 Å². The number of aliphatic hydroxyl groups is 1. The number of rotatable bonds is 52. The highest BCUT2D eigenvalue weighted by atomic mass is 16.5. The molecule has 22 nitrogen and oxygen atoms in total. The molecule has 0 radical (unpaired) electrons. The monoisotopic (exact) mass is 1020 g/mol. The molecule has 410 valence electrons. The Kier molecular flexibility index (Phi) is 43.4. The number of amides is 4. The average molecular weight is 1020 g/mol. The Hall–Kier alpha value is -4.61. The fraction of sp³-hybridized carbons (Fsp3) is 0.816. The number of ether oxygens (including phenoxy) is 4. The van der Waals surface area contributed by atoms with Gasteiger partial charge in [0.1, 0.15) is 31.9 Å². The van der Waals surface area contributed by atoms with Crippen LogP contribution in [0.2, 0.25) is 0 Å². The van der Waals surface area contributed by atoms with Crippen LogP contribution in [0.5, 0.6) is 0 Å². The van der Waals surface area contributed by atoms with Crippen LogP contribution in [0.3, 0.4) is 0 Å². The molecular weight excluding hydrogens is 931 g/mol. The van der Waals surface area contributed by atoms with Crippen molar-refractivity contribution in [3.8, 4) is 0 Å². The number of unbranched alkanes of at least 4 members (excludes halogenated alkanes) is 14. The number of aliphatic carboxylic acids is 3. The third-order valence-electron chi connectivity index (χ3n) is 11.3. The summed E-state index contributed by atoms with van der Waals surface area (Å²) >= 11 is 0. The summed E-state index contributed by atoms with van der Waals surface area (Å²) in [4.78, 5) is 106. The molecule has 0 aromatic heterocycles. The van der Waals surface area contributed by atoms with E-state index in [0.717, 1.165) is 44.9 Å². The van der Waals surface area contributed by atoms with Gasteiger partial charge >= 0.3 is 17.9 Å². The SMILES string of the molecule is CN[C@@H](CCCCNC(=O)CC[C@H](NC(=O)COCCOCCCC(=O)COCCOCCNC(=O)CC[C@H](NC(=O)CCCCCCCCCCCCCCCCC(=O)O)C(=O)O)C(=O)O)C(=O)CO. The highest BCUT2D eigenvalue weighted by Gasteiger charge is 2.22. The van der Waals surface area contributed by atoms with Gasteiger partial charge in [-0.2, -0.15) is 0 Å². The second-order valence-electron chi connectivity index (χ2n) is 17.5. The normalized spacial score (nSPS) is 12.4. The van der Waals surface area contributed by atoms with E-state index in [1.54, 1.807) is 7.05 Å². The molecule has 3 atom stereocenters. The van der Waals surface area contributed by atoms with Crippen molar-refractivity contribution < 1.29 is 82.5 Å². The van der Waals surface area contributed by atoms with Crippen LogP contribution < -0.4 is 26.6 Å². The fourth-order valence-electron chi connectivity index (χ4n) is 7.20. The van der Waals surface area contributed by atoms with E-state index in [9.17, 15) is 53.4 Å². The summed E-state index contributed by atoms with van der Waals surface area (Å²) in [6, 6.07) is -2.90. The Balaban J connectivity index is 3.81. The molecule has 0 aliphatic heterocycles. The van der Waals surface area contributed by atoms with E-state index in [-0.39, 0.29) is 127 Å². The molecule has 0 fully saturated rings. The summed E-state index contributed by atoms with van der Waals surface area (Å²) < 4.78 is 21.4. The lowest BCUT2D eigenvalue weighted by Crippen LogP contribution is -2.43. The minimum Gasteiger partial charge on any atom is -0.481 e. The van der Waals surface area contributed by atoms with Crippen molar-refractivity contribution in [1.82, 2.24) is 26.6 Å². The minimum absolute atomic E-state index is 0.0458. The third-order valence-corrected chi connectivity index (χ3v) is 11.3. The van der Waals surface area contributed by atoms with Crippen LogP contribution in [0.4, 0.5) is 0 Å². The van der Waals surface area contributed by atoms with Gasteiger partial charge in [0.05, 0.1) is 39.1 Å². The molecule has 0 rings (SSSR count). The van der Waals surface area contributed by atoms with E-state index in [4.69, 9.17) is 29.2 Å².